The molecular weight excluding hydrogens is 617 g/mol. The van der Waals surface area contributed by atoms with Crippen LogP contribution in [0.25, 0.3) is 0 Å². The lowest BCUT2D eigenvalue weighted by atomic mass is 10.0. The molecule has 0 aromatic heterocycles. The fourth-order valence-electron chi connectivity index (χ4n) is 3.97. The number of Topliss-reactive ketones (excluding diaryl/α,β-unsaturated/α-hetero) is 1. The van der Waals surface area contributed by atoms with Crippen molar-refractivity contribution in [2.75, 3.05) is 25.5 Å². The quantitative estimate of drug-likeness (QED) is 0.0968. The molecule has 1 aliphatic rings. The van der Waals surface area contributed by atoms with Gasteiger partial charge in [0, 0.05) is 17.7 Å². The van der Waals surface area contributed by atoms with Crippen molar-refractivity contribution in [1.29, 1.82) is 5.41 Å². The molecule has 0 amide bonds. The molecule has 3 N–H and O–H groups in total. The number of carbonyl (C=O) groups excluding carboxylic acids is 1. The van der Waals surface area contributed by atoms with Gasteiger partial charge in [0.1, 0.15) is 10.4 Å². The van der Waals surface area contributed by atoms with Gasteiger partial charge >= 0.3 is 0 Å². The number of anilines is 1. The lowest BCUT2D eigenvalue weighted by molar-refractivity contribution is 0.0958. The summed E-state index contributed by atoms with van der Waals surface area (Å²) in [4.78, 5) is 12.6. The van der Waals surface area contributed by atoms with Crippen LogP contribution in [0.2, 0.25) is 0 Å². The molecule has 0 fully saturated rings. The summed E-state index contributed by atoms with van der Waals surface area (Å²) in [5.41, 5.74) is 4.02. The average Bonchev–Trinajstić information content (AvgIpc) is 3.21. The van der Waals surface area contributed by atoms with Gasteiger partial charge in [-0.2, -0.15) is 19.4 Å². The summed E-state index contributed by atoms with van der Waals surface area (Å²) in [5, 5.41) is 8.47. The van der Waals surface area contributed by atoms with Crippen LogP contribution in [0, 0.1) is 11.2 Å². The Bertz CT molecular complexity index is 1240. The lowest BCUT2D eigenvalue weighted by Crippen LogP contribution is -2.31. The first-order valence-corrected chi connectivity index (χ1v) is 14.3. The molecule has 0 unspecified atom stereocenters. The number of rotatable bonds is 13. The number of hydrogen-bond donors (Lipinski definition) is 2. The van der Waals surface area contributed by atoms with Crippen LogP contribution < -0.4 is 15.2 Å². The standard InChI is InChI=1S/C21H19F6N3O3S5/c1-3-32-10-5-8-6-30(20(29)11(8)14(22)16(10)33-4-2)7-9(31)12-13(21(37-26)38-27)18(35-24)19(36-25)15(28)17(12)34-23/h5,21,29H,3-4,6-7,28H2,1-2H3. The van der Waals surface area contributed by atoms with Gasteiger partial charge in [-0.15, -0.1) is 0 Å². The monoisotopic (exact) mass is 635 g/mol. The van der Waals surface area contributed by atoms with Crippen molar-refractivity contribution >= 4 is 78.0 Å². The molecule has 0 saturated carbocycles. The normalized spacial score (nSPS) is 12.9. The summed E-state index contributed by atoms with van der Waals surface area (Å²) < 4.78 is 93.1. The molecule has 38 heavy (non-hydrogen) atoms. The second-order valence-corrected chi connectivity index (χ2v) is 10.8. The minimum atomic E-state index is -1.88. The van der Waals surface area contributed by atoms with Gasteiger partial charge in [0.25, 0.3) is 0 Å². The van der Waals surface area contributed by atoms with Crippen LogP contribution >= 0.6 is 60.7 Å². The van der Waals surface area contributed by atoms with Crippen molar-refractivity contribution in [3.05, 3.63) is 34.1 Å². The molecule has 1 heterocycles. The van der Waals surface area contributed by atoms with Gasteiger partial charge in [0.05, 0.1) is 106 Å². The summed E-state index contributed by atoms with van der Waals surface area (Å²) in [7, 11) is 0. The first-order chi connectivity index (χ1) is 18.2. The second-order valence-electron chi connectivity index (χ2n) is 7.48. The third kappa shape index (κ3) is 5.62. The van der Waals surface area contributed by atoms with E-state index in [0.29, 0.717) is 5.56 Å². The molecule has 0 bridgehead atoms. The molecule has 0 atom stereocenters. The highest BCUT2D eigenvalue weighted by atomic mass is 32.2. The predicted molar refractivity (Wildman–Crippen MR) is 142 cm³/mol. The average molecular weight is 636 g/mol. The first-order valence-electron chi connectivity index (χ1n) is 10.6. The highest BCUT2D eigenvalue weighted by molar-refractivity contribution is 8.11. The Morgan fingerprint density at radius 1 is 1.05 bits per heavy atom. The Morgan fingerprint density at radius 2 is 1.66 bits per heavy atom. The number of fused-ring (bicyclic) bond motifs is 1. The van der Waals surface area contributed by atoms with E-state index in [2.05, 4.69) is 0 Å². The van der Waals surface area contributed by atoms with Gasteiger partial charge in [-0.25, -0.2) is 4.39 Å². The van der Waals surface area contributed by atoms with Gasteiger partial charge in [-0.1, -0.05) is 0 Å². The van der Waals surface area contributed by atoms with Crippen molar-refractivity contribution in [2.24, 2.45) is 0 Å². The molecule has 17 heteroatoms. The molecule has 3 rings (SSSR count). The van der Waals surface area contributed by atoms with Crippen LogP contribution in [0.5, 0.6) is 11.5 Å². The van der Waals surface area contributed by atoms with E-state index in [4.69, 9.17) is 20.6 Å². The van der Waals surface area contributed by atoms with Crippen LogP contribution in [0.1, 0.15) is 45.5 Å². The van der Waals surface area contributed by atoms with Gasteiger partial charge in [-0.05, 0) is 25.5 Å². The molecular formula is C21H19F6N3O3S5. The zero-order chi connectivity index (χ0) is 28.1. The molecule has 1 aliphatic heterocycles. The van der Waals surface area contributed by atoms with Crippen molar-refractivity contribution in [3.8, 4) is 11.5 Å². The van der Waals surface area contributed by atoms with Crippen LogP contribution in [0.4, 0.5) is 29.5 Å². The second kappa shape index (κ2) is 13.6. The molecule has 2 aromatic carbocycles. The Balaban J connectivity index is 2.10. The van der Waals surface area contributed by atoms with Gasteiger partial charge in [0.15, 0.2) is 23.1 Å². The Kier molecular flexibility index (Phi) is 11.0. The zero-order valence-corrected chi connectivity index (χ0v) is 23.6. The third-order valence-electron chi connectivity index (χ3n) is 5.45. The molecule has 6 nitrogen and oxygen atoms in total. The van der Waals surface area contributed by atoms with Gasteiger partial charge in [0.2, 0.25) is 0 Å². The van der Waals surface area contributed by atoms with Gasteiger partial charge < -0.3 is 20.1 Å². The fourth-order valence-corrected chi connectivity index (χ4v) is 6.46. The van der Waals surface area contributed by atoms with Crippen molar-refractivity contribution in [2.45, 2.75) is 39.7 Å². The van der Waals surface area contributed by atoms with E-state index in [9.17, 15) is 24.2 Å². The van der Waals surface area contributed by atoms with Crippen molar-refractivity contribution in [1.82, 2.24) is 4.90 Å². The predicted octanol–water partition coefficient (Wildman–Crippen LogP) is 8.39. The third-order valence-corrected chi connectivity index (χ3v) is 8.55. The highest BCUT2D eigenvalue weighted by Crippen LogP contribution is 2.54. The van der Waals surface area contributed by atoms with E-state index in [1.807, 2.05) is 0 Å². The Hall–Kier alpha value is -1.69. The molecule has 0 saturated heterocycles. The van der Waals surface area contributed by atoms with E-state index in [0.717, 1.165) is 4.90 Å². The number of nitrogens with one attached hydrogen (secondary N) is 1. The largest absolute Gasteiger partial charge is 0.490 e. The summed E-state index contributed by atoms with van der Waals surface area (Å²) >= 11 is -2.95. The van der Waals surface area contributed by atoms with Crippen LogP contribution in [0.15, 0.2) is 20.8 Å². The minimum Gasteiger partial charge on any atom is -0.490 e. The number of hydrogen-bond acceptors (Lipinski definition) is 10. The number of carbonyl (C=O) groups is 1. The number of ether oxygens (including phenoxy) is 2. The fraction of sp³-hybridized carbons (Fsp3) is 0.333. The maximum Gasteiger partial charge on any atom is 0.197 e. The summed E-state index contributed by atoms with van der Waals surface area (Å²) in [5.74, 6) is -2.39. The molecule has 0 spiro atoms. The Labute approximate surface area is 236 Å². The summed E-state index contributed by atoms with van der Waals surface area (Å²) in [6.45, 7) is 2.80. The zero-order valence-electron chi connectivity index (χ0n) is 19.5. The SMILES string of the molecule is CCOc1cc2c(c(F)c1OCC)C(=N)N(CC(=O)c1c(SF)c(N)c(SF)c(SF)c1C(SF)SF)C2. The number of nitrogens with two attached hydrogens (primary N) is 1. The Morgan fingerprint density at radius 3 is 2.18 bits per heavy atom. The van der Waals surface area contributed by atoms with Crippen molar-refractivity contribution in [3.63, 3.8) is 0 Å². The van der Waals surface area contributed by atoms with Crippen LogP contribution in [-0.2, 0) is 6.54 Å². The number of halogens is 6. The minimum absolute atomic E-state index is 0.101. The van der Waals surface area contributed by atoms with E-state index < -0.39 is 121 Å². The number of nitrogens with zero attached hydrogens (tertiary/aromatic N) is 1. The van der Waals surface area contributed by atoms with E-state index in [1.165, 1.54) is 6.07 Å². The first kappa shape index (κ1) is 30.8. The number of benzene rings is 2. The smallest absolute Gasteiger partial charge is 0.197 e. The number of amidine groups is 1. The van der Waals surface area contributed by atoms with E-state index in [-0.39, 0.29) is 36.8 Å². The molecule has 0 radical (unpaired) electrons. The summed E-state index contributed by atoms with van der Waals surface area (Å²) in [6, 6.07) is 1.47. The molecule has 0 aliphatic carbocycles. The topological polar surface area (TPSA) is 88.6 Å². The van der Waals surface area contributed by atoms with Gasteiger partial charge in [-0.3, -0.25) is 10.2 Å². The lowest BCUT2D eigenvalue weighted by Gasteiger charge is -2.23. The summed E-state index contributed by atoms with van der Waals surface area (Å²) in [6.07, 6.45) is 0. The van der Waals surface area contributed by atoms with Crippen LogP contribution in [0.3, 0.4) is 0 Å². The molecule has 208 valence electrons. The maximum atomic E-state index is 15.3. The van der Waals surface area contributed by atoms with Crippen molar-refractivity contribution < 1.29 is 38.1 Å². The molecule has 2 aromatic rings. The maximum absolute atomic E-state index is 15.3. The number of ketones is 1. The van der Waals surface area contributed by atoms with Crippen LogP contribution in [-0.4, -0.2) is 36.3 Å². The number of nitrogen functional groups attached to an aromatic ring is 1. The van der Waals surface area contributed by atoms with E-state index in [1.54, 1.807) is 13.8 Å². The van der Waals surface area contributed by atoms with E-state index >= 15 is 4.39 Å². The highest BCUT2D eigenvalue weighted by Gasteiger charge is 2.37.